The van der Waals surface area contributed by atoms with Gasteiger partial charge in [0.05, 0.1) is 6.04 Å². The first-order valence-corrected chi connectivity index (χ1v) is 8.63. The molecule has 1 aliphatic rings. The first-order chi connectivity index (χ1) is 9.68. The maximum absolute atomic E-state index is 12.1. The molecule has 1 heterocycles. The number of nitrogens with one attached hydrogen (secondary N) is 1. The van der Waals surface area contributed by atoms with E-state index in [2.05, 4.69) is 29.8 Å². The van der Waals surface area contributed by atoms with E-state index in [1.165, 1.54) is 37.0 Å². The van der Waals surface area contributed by atoms with Gasteiger partial charge < -0.3 is 11.1 Å². The third-order valence-electron chi connectivity index (χ3n) is 4.39. The van der Waals surface area contributed by atoms with Crippen molar-refractivity contribution < 1.29 is 4.79 Å². The monoisotopic (exact) mass is 330 g/mol. The molecule has 1 aliphatic carbocycles. The van der Waals surface area contributed by atoms with Crippen molar-refractivity contribution in [3.63, 3.8) is 0 Å². The van der Waals surface area contributed by atoms with Crippen LogP contribution in [0.2, 0.25) is 0 Å². The minimum atomic E-state index is -0.357. The number of nitrogens with two attached hydrogens (primary N) is 1. The highest BCUT2D eigenvalue weighted by molar-refractivity contribution is 7.10. The van der Waals surface area contributed by atoms with Crippen LogP contribution in [0.4, 0.5) is 0 Å². The largest absolute Gasteiger partial charge is 0.354 e. The molecule has 1 fully saturated rings. The molecule has 1 atom stereocenters. The van der Waals surface area contributed by atoms with E-state index in [0.717, 1.165) is 19.4 Å². The fourth-order valence-corrected chi connectivity index (χ4v) is 4.14. The summed E-state index contributed by atoms with van der Waals surface area (Å²) in [4.78, 5) is 13.5. The molecule has 1 unspecified atom stereocenters. The van der Waals surface area contributed by atoms with Gasteiger partial charge in [-0.3, -0.25) is 4.79 Å². The Bertz CT molecular complexity index is 416. The lowest BCUT2D eigenvalue weighted by Crippen LogP contribution is -2.47. The number of amides is 1. The summed E-state index contributed by atoms with van der Waals surface area (Å²) in [6.07, 6.45) is 7.90. The molecule has 21 heavy (non-hydrogen) atoms. The molecule has 5 heteroatoms. The fourth-order valence-electron chi connectivity index (χ4n) is 3.15. The highest BCUT2D eigenvalue weighted by atomic mass is 35.5. The molecule has 0 aliphatic heterocycles. The Morgan fingerprint density at radius 2 is 2.14 bits per heavy atom. The van der Waals surface area contributed by atoms with E-state index in [1.807, 2.05) is 11.3 Å². The average Bonchev–Trinajstić information content (AvgIpc) is 3.01. The van der Waals surface area contributed by atoms with Crippen LogP contribution in [0.1, 0.15) is 56.7 Å². The number of halogens is 1. The molecular weight excluding hydrogens is 304 g/mol. The molecule has 1 aromatic rings. The van der Waals surface area contributed by atoms with Crippen LogP contribution < -0.4 is 11.1 Å². The van der Waals surface area contributed by atoms with Crippen molar-refractivity contribution >= 4 is 29.7 Å². The van der Waals surface area contributed by atoms with Crippen molar-refractivity contribution in [3.05, 3.63) is 22.4 Å². The standard InChI is InChI=1S/C16H26N2OS.ClH/c1-2-7-13(17)15(19)18-12-16(9-4-3-5-10-16)14-8-6-11-20-14;/h6,8,11,13H,2-5,7,9-10,12,17H2,1H3,(H,18,19);1H. The summed E-state index contributed by atoms with van der Waals surface area (Å²) in [6.45, 7) is 2.80. The quantitative estimate of drug-likeness (QED) is 0.837. The molecular formula is C16H27ClN2OS. The first-order valence-electron chi connectivity index (χ1n) is 7.75. The van der Waals surface area contributed by atoms with Gasteiger partial charge >= 0.3 is 0 Å². The summed E-state index contributed by atoms with van der Waals surface area (Å²) in [5.41, 5.74) is 6.04. The van der Waals surface area contributed by atoms with Crippen molar-refractivity contribution in [2.75, 3.05) is 6.54 Å². The van der Waals surface area contributed by atoms with E-state index in [4.69, 9.17) is 5.73 Å². The van der Waals surface area contributed by atoms with Crippen molar-refractivity contribution in [1.82, 2.24) is 5.32 Å². The lowest BCUT2D eigenvalue weighted by molar-refractivity contribution is -0.122. The summed E-state index contributed by atoms with van der Waals surface area (Å²) in [6, 6.07) is 3.97. The minimum Gasteiger partial charge on any atom is -0.354 e. The molecule has 3 N–H and O–H groups in total. The number of carbonyl (C=O) groups is 1. The zero-order valence-corrected chi connectivity index (χ0v) is 14.4. The molecule has 0 saturated heterocycles. The highest BCUT2D eigenvalue weighted by Crippen LogP contribution is 2.41. The molecule has 1 aromatic heterocycles. The normalized spacial score (nSPS) is 18.6. The van der Waals surface area contributed by atoms with Crippen molar-refractivity contribution in [2.24, 2.45) is 5.73 Å². The lowest BCUT2D eigenvalue weighted by Gasteiger charge is -2.37. The van der Waals surface area contributed by atoms with Crippen LogP contribution >= 0.6 is 23.7 Å². The maximum Gasteiger partial charge on any atom is 0.236 e. The second-order valence-electron chi connectivity index (χ2n) is 5.93. The Morgan fingerprint density at radius 1 is 1.43 bits per heavy atom. The SMILES string of the molecule is CCCC(N)C(=O)NCC1(c2cccs2)CCCCC1.Cl. The first kappa shape index (κ1) is 18.5. The van der Waals surface area contributed by atoms with Crippen LogP contribution in [0.25, 0.3) is 0 Å². The Labute approximate surface area is 138 Å². The minimum absolute atomic E-state index is 0. The zero-order chi connectivity index (χ0) is 14.4. The predicted molar refractivity (Wildman–Crippen MR) is 92.2 cm³/mol. The van der Waals surface area contributed by atoms with Gasteiger partial charge in [0.1, 0.15) is 0 Å². The summed E-state index contributed by atoms with van der Waals surface area (Å²) in [5.74, 6) is 0.00774. The second kappa shape index (κ2) is 8.76. The van der Waals surface area contributed by atoms with E-state index in [-0.39, 0.29) is 29.8 Å². The number of hydrogen-bond acceptors (Lipinski definition) is 3. The van der Waals surface area contributed by atoms with Crippen molar-refractivity contribution in [2.45, 2.75) is 63.3 Å². The van der Waals surface area contributed by atoms with Gasteiger partial charge in [0.15, 0.2) is 0 Å². The van der Waals surface area contributed by atoms with Crippen LogP contribution in [-0.4, -0.2) is 18.5 Å². The topological polar surface area (TPSA) is 55.1 Å². The molecule has 120 valence electrons. The number of hydrogen-bond donors (Lipinski definition) is 2. The zero-order valence-electron chi connectivity index (χ0n) is 12.8. The van der Waals surface area contributed by atoms with Gasteiger partial charge in [-0.05, 0) is 30.7 Å². The maximum atomic E-state index is 12.1. The molecule has 0 aromatic carbocycles. The second-order valence-corrected chi connectivity index (χ2v) is 6.88. The average molecular weight is 331 g/mol. The molecule has 2 rings (SSSR count). The van der Waals surface area contributed by atoms with Gasteiger partial charge in [-0.2, -0.15) is 0 Å². The van der Waals surface area contributed by atoms with Gasteiger partial charge in [-0.15, -0.1) is 23.7 Å². The fraction of sp³-hybridized carbons (Fsp3) is 0.688. The molecule has 1 saturated carbocycles. The summed E-state index contributed by atoms with van der Waals surface area (Å²) in [7, 11) is 0. The lowest BCUT2D eigenvalue weighted by atomic mass is 9.73. The molecule has 3 nitrogen and oxygen atoms in total. The van der Waals surface area contributed by atoms with Crippen LogP contribution in [0.3, 0.4) is 0 Å². The summed E-state index contributed by atoms with van der Waals surface area (Å²) in [5, 5.41) is 5.24. The van der Waals surface area contributed by atoms with Crippen molar-refractivity contribution in [3.8, 4) is 0 Å². The smallest absolute Gasteiger partial charge is 0.236 e. The molecule has 0 bridgehead atoms. The molecule has 0 spiro atoms. The Morgan fingerprint density at radius 3 is 2.71 bits per heavy atom. The van der Waals surface area contributed by atoms with Crippen molar-refractivity contribution in [1.29, 1.82) is 0 Å². The number of thiophene rings is 1. The van der Waals surface area contributed by atoms with Crippen LogP contribution in [0.15, 0.2) is 17.5 Å². The predicted octanol–water partition coefficient (Wildman–Crippen LogP) is 3.62. The van der Waals surface area contributed by atoms with Gasteiger partial charge in [-0.25, -0.2) is 0 Å². The van der Waals surface area contributed by atoms with E-state index in [0.29, 0.717) is 0 Å². The Balaban J connectivity index is 0.00000220. The van der Waals surface area contributed by atoms with E-state index >= 15 is 0 Å². The van der Waals surface area contributed by atoms with Gasteiger partial charge in [0, 0.05) is 16.8 Å². The van der Waals surface area contributed by atoms with Gasteiger partial charge in [-0.1, -0.05) is 38.7 Å². The summed E-state index contributed by atoms with van der Waals surface area (Å²) >= 11 is 1.82. The molecule has 0 radical (unpaired) electrons. The van der Waals surface area contributed by atoms with Crippen LogP contribution in [0.5, 0.6) is 0 Å². The number of carbonyl (C=O) groups excluding carboxylic acids is 1. The summed E-state index contributed by atoms with van der Waals surface area (Å²) < 4.78 is 0. The molecule has 1 amide bonds. The third-order valence-corrected chi connectivity index (χ3v) is 5.51. The Hall–Kier alpha value is -0.580. The van der Waals surface area contributed by atoms with Gasteiger partial charge in [0.25, 0.3) is 0 Å². The van der Waals surface area contributed by atoms with Gasteiger partial charge in [0.2, 0.25) is 5.91 Å². The van der Waals surface area contributed by atoms with E-state index in [9.17, 15) is 4.79 Å². The third kappa shape index (κ3) is 4.70. The highest BCUT2D eigenvalue weighted by Gasteiger charge is 2.35. The van der Waals surface area contributed by atoms with Crippen LogP contribution in [0, 0.1) is 0 Å². The van der Waals surface area contributed by atoms with E-state index < -0.39 is 0 Å². The van der Waals surface area contributed by atoms with Crippen LogP contribution in [-0.2, 0) is 10.2 Å². The Kier molecular flexibility index (Phi) is 7.71. The number of rotatable bonds is 6. The van der Waals surface area contributed by atoms with E-state index in [1.54, 1.807) is 0 Å².